The Kier molecular flexibility index (Phi) is 3.16. The van der Waals surface area contributed by atoms with Crippen LogP contribution < -0.4 is 5.73 Å². The number of nitrogens with two attached hydrogens (primary N) is 1. The van der Waals surface area contributed by atoms with E-state index in [1.807, 2.05) is 0 Å². The first-order chi connectivity index (χ1) is 6.40. The third kappa shape index (κ3) is 2.64. The summed E-state index contributed by atoms with van der Waals surface area (Å²) in [4.78, 5) is 4.91. The lowest BCUT2D eigenvalue weighted by molar-refractivity contribution is 0.0366. The normalized spacial score (nSPS) is 34.8. The van der Waals surface area contributed by atoms with Gasteiger partial charge in [0.25, 0.3) is 0 Å². The molecule has 2 heterocycles. The zero-order valence-electron chi connectivity index (χ0n) is 8.11. The van der Waals surface area contributed by atoms with E-state index in [4.69, 9.17) is 10.5 Å². The van der Waals surface area contributed by atoms with Gasteiger partial charge in [0.05, 0.1) is 13.2 Å². The standard InChI is InChI=1S/C9H19N3O/c10-7-9-8-12(9)2-1-11-3-5-13-6-4-11/h9H,1-8,10H2. The van der Waals surface area contributed by atoms with Gasteiger partial charge in [-0.1, -0.05) is 0 Å². The lowest BCUT2D eigenvalue weighted by Gasteiger charge is -2.26. The van der Waals surface area contributed by atoms with E-state index < -0.39 is 0 Å². The van der Waals surface area contributed by atoms with Crippen molar-refractivity contribution in [2.45, 2.75) is 6.04 Å². The second kappa shape index (κ2) is 4.37. The fraction of sp³-hybridized carbons (Fsp3) is 1.00. The molecule has 4 heteroatoms. The first kappa shape index (κ1) is 9.40. The molecule has 4 nitrogen and oxygen atoms in total. The van der Waals surface area contributed by atoms with E-state index in [0.717, 1.165) is 32.8 Å². The zero-order chi connectivity index (χ0) is 9.10. The quantitative estimate of drug-likeness (QED) is 0.568. The number of rotatable bonds is 4. The molecule has 2 aliphatic heterocycles. The van der Waals surface area contributed by atoms with E-state index in [2.05, 4.69) is 9.80 Å². The van der Waals surface area contributed by atoms with Crippen LogP contribution in [-0.4, -0.2) is 68.3 Å². The molecule has 0 aliphatic carbocycles. The van der Waals surface area contributed by atoms with Crippen LogP contribution in [0.25, 0.3) is 0 Å². The minimum absolute atomic E-state index is 0.682. The Morgan fingerprint density at radius 3 is 2.62 bits per heavy atom. The summed E-state index contributed by atoms with van der Waals surface area (Å²) in [5.41, 5.74) is 5.56. The monoisotopic (exact) mass is 185 g/mol. The smallest absolute Gasteiger partial charge is 0.0594 e. The molecular weight excluding hydrogens is 166 g/mol. The van der Waals surface area contributed by atoms with Crippen LogP contribution in [0, 0.1) is 0 Å². The Labute approximate surface area is 79.6 Å². The molecule has 2 aliphatic rings. The molecule has 0 saturated carbocycles. The van der Waals surface area contributed by atoms with Gasteiger partial charge in [-0.05, 0) is 0 Å². The van der Waals surface area contributed by atoms with Crippen LogP contribution in [0.5, 0.6) is 0 Å². The summed E-state index contributed by atoms with van der Waals surface area (Å²) >= 11 is 0. The maximum Gasteiger partial charge on any atom is 0.0594 e. The van der Waals surface area contributed by atoms with E-state index in [1.54, 1.807) is 0 Å². The maximum absolute atomic E-state index is 5.56. The molecule has 13 heavy (non-hydrogen) atoms. The van der Waals surface area contributed by atoms with Gasteiger partial charge in [-0.15, -0.1) is 0 Å². The third-order valence-electron chi connectivity index (χ3n) is 2.91. The predicted octanol–water partition coefficient (Wildman–Crippen LogP) is -1.04. The molecule has 0 aromatic rings. The number of hydrogen-bond donors (Lipinski definition) is 1. The van der Waals surface area contributed by atoms with Crippen molar-refractivity contribution in [2.24, 2.45) is 5.73 Å². The number of morpholine rings is 1. The Hall–Kier alpha value is -0.160. The molecule has 2 rings (SSSR count). The van der Waals surface area contributed by atoms with Crippen LogP contribution in [0.15, 0.2) is 0 Å². The molecule has 2 unspecified atom stereocenters. The van der Waals surface area contributed by atoms with Gasteiger partial charge >= 0.3 is 0 Å². The van der Waals surface area contributed by atoms with Gasteiger partial charge in [0.1, 0.15) is 0 Å². The lowest BCUT2D eigenvalue weighted by Crippen LogP contribution is -2.39. The van der Waals surface area contributed by atoms with Crippen molar-refractivity contribution in [1.29, 1.82) is 0 Å². The van der Waals surface area contributed by atoms with Crippen LogP contribution in [-0.2, 0) is 4.74 Å². The minimum atomic E-state index is 0.682. The Morgan fingerprint density at radius 1 is 1.23 bits per heavy atom. The summed E-state index contributed by atoms with van der Waals surface area (Å²) < 4.78 is 5.29. The molecule has 0 aromatic carbocycles. The predicted molar refractivity (Wildman–Crippen MR) is 51.7 cm³/mol. The highest BCUT2D eigenvalue weighted by Gasteiger charge is 2.31. The zero-order valence-corrected chi connectivity index (χ0v) is 8.11. The largest absolute Gasteiger partial charge is 0.379 e. The van der Waals surface area contributed by atoms with E-state index in [0.29, 0.717) is 6.04 Å². The molecule has 0 spiro atoms. The maximum atomic E-state index is 5.56. The van der Waals surface area contributed by atoms with Crippen molar-refractivity contribution < 1.29 is 4.74 Å². The highest BCUT2D eigenvalue weighted by atomic mass is 16.5. The van der Waals surface area contributed by atoms with Crippen LogP contribution in [0.2, 0.25) is 0 Å². The third-order valence-corrected chi connectivity index (χ3v) is 2.91. The van der Waals surface area contributed by atoms with Crippen molar-refractivity contribution in [3.63, 3.8) is 0 Å². The molecular formula is C9H19N3O. The Morgan fingerprint density at radius 2 is 2.00 bits per heavy atom. The molecule has 2 atom stereocenters. The van der Waals surface area contributed by atoms with E-state index >= 15 is 0 Å². The van der Waals surface area contributed by atoms with Gasteiger partial charge in [-0.3, -0.25) is 9.80 Å². The molecule has 2 fully saturated rings. The van der Waals surface area contributed by atoms with E-state index in [-0.39, 0.29) is 0 Å². The van der Waals surface area contributed by atoms with Gasteiger partial charge in [0, 0.05) is 45.3 Å². The summed E-state index contributed by atoms with van der Waals surface area (Å²) in [5.74, 6) is 0. The summed E-state index contributed by atoms with van der Waals surface area (Å²) in [6.45, 7) is 8.40. The summed E-state index contributed by atoms with van der Waals surface area (Å²) in [7, 11) is 0. The van der Waals surface area contributed by atoms with Crippen LogP contribution in [0.3, 0.4) is 0 Å². The molecule has 0 bridgehead atoms. The highest BCUT2D eigenvalue weighted by Crippen LogP contribution is 2.14. The highest BCUT2D eigenvalue weighted by molar-refractivity contribution is 4.90. The van der Waals surface area contributed by atoms with Crippen molar-refractivity contribution in [2.75, 3.05) is 52.5 Å². The van der Waals surface area contributed by atoms with Gasteiger partial charge in [0.2, 0.25) is 0 Å². The number of ether oxygens (including phenoxy) is 1. The molecule has 0 amide bonds. The van der Waals surface area contributed by atoms with Gasteiger partial charge < -0.3 is 10.5 Å². The second-order valence-electron chi connectivity index (χ2n) is 3.84. The van der Waals surface area contributed by atoms with Crippen LogP contribution in [0.4, 0.5) is 0 Å². The molecule has 76 valence electrons. The fourth-order valence-corrected chi connectivity index (χ4v) is 1.82. The first-order valence-corrected chi connectivity index (χ1v) is 5.14. The van der Waals surface area contributed by atoms with E-state index in [9.17, 15) is 0 Å². The Bertz CT molecular complexity index is 159. The molecule has 2 N–H and O–H groups in total. The Balaban J connectivity index is 1.57. The molecule has 0 radical (unpaired) electrons. The average Bonchev–Trinajstić information content (AvgIpc) is 2.95. The van der Waals surface area contributed by atoms with Crippen molar-refractivity contribution >= 4 is 0 Å². The SMILES string of the molecule is NCC1CN1CCN1CCOCC1. The van der Waals surface area contributed by atoms with Crippen molar-refractivity contribution in [3.8, 4) is 0 Å². The summed E-state index contributed by atoms with van der Waals surface area (Å²) in [6.07, 6.45) is 0. The second-order valence-corrected chi connectivity index (χ2v) is 3.84. The van der Waals surface area contributed by atoms with Crippen molar-refractivity contribution in [1.82, 2.24) is 9.80 Å². The van der Waals surface area contributed by atoms with Gasteiger partial charge in [0.15, 0.2) is 0 Å². The van der Waals surface area contributed by atoms with Gasteiger partial charge in [-0.25, -0.2) is 0 Å². The number of hydrogen-bond acceptors (Lipinski definition) is 4. The van der Waals surface area contributed by atoms with Crippen molar-refractivity contribution in [3.05, 3.63) is 0 Å². The molecule has 2 saturated heterocycles. The minimum Gasteiger partial charge on any atom is -0.379 e. The van der Waals surface area contributed by atoms with E-state index in [1.165, 1.54) is 19.6 Å². The van der Waals surface area contributed by atoms with Gasteiger partial charge in [-0.2, -0.15) is 0 Å². The lowest BCUT2D eigenvalue weighted by atomic mass is 10.4. The first-order valence-electron chi connectivity index (χ1n) is 5.14. The van der Waals surface area contributed by atoms with Crippen LogP contribution in [0.1, 0.15) is 0 Å². The van der Waals surface area contributed by atoms with Crippen LogP contribution >= 0.6 is 0 Å². The summed E-state index contributed by atoms with van der Waals surface area (Å²) in [6, 6.07) is 0.682. The average molecular weight is 185 g/mol. The number of nitrogens with zero attached hydrogens (tertiary/aromatic N) is 2. The summed E-state index contributed by atoms with van der Waals surface area (Å²) in [5, 5.41) is 0. The topological polar surface area (TPSA) is 41.5 Å². The molecule has 0 aromatic heterocycles. The fourth-order valence-electron chi connectivity index (χ4n) is 1.82.